The van der Waals surface area contributed by atoms with E-state index < -0.39 is 12.0 Å². The Morgan fingerprint density at radius 1 is 1.23 bits per heavy atom. The van der Waals surface area contributed by atoms with Crippen LogP contribution in [0.2, 0.25) is 0 Å². The highest BCUT2D eigenvalue weighted by Crippen LogP contribution is 2.41. The Morgan fingerprint density at radius 2 is 1.94 bits per heavy atom. The summed E-state index contributed by atoms with van der Waals surface area (Å²) in [7, 11) is 1.39. The molecular formula is C23H24N4O3S. The third kappa shape index (κ3) is 3.40. The molecule has 0 amide bonds. The van der Waals surface area contributed by atoms with Crippen molar-refractivity contribution in [2.24, 2.45) is 10.9 Å². The minimum atomic E-state index is -0.543. The number of nitrogens with zero attached hydrogens (tertiary/aromatic N) is 4. The molecule has 1 aromatic carbocycles. The maximum absolute atomic E-state index is 12.6. The Morgan fingerprint density at radius 3 is 2.55 bits per heavy atom. The molecule has 1 aliphatic rings. The quantitative estimate of drug-likeness (QED) is 0.443. The van der Waals surface area contributed by atoms with Crippen LogP contribution in [0.25, 0.3) is 5.00 Å². The Hall–Kier alpha value is -3.13. The summed E-state index contributed by atoms with van der Waals surface area (Å²) in [5, 5.41) is 9.74. The molecule has 1 aliphatic heterocycles. The molecule has 0 radical (unpaired) electrons. The lowest BCUT2D eigenvalue weighted by molar-refractivity contribution is -0.146. The second kappa shape index (κ2) is 8.19. The number of ether oxygens (including phenoxy) is 1. The molecule has 0 unspecified atom stereocenters. The third-order valence-electron chi connectivity index (χ3n) is 5.83. The Kier molecular flexibility index (Phi) is 5.58. The van der Waals surface area contributed by atoms with Crippen LogP contribution in [0.15, 0.2) is 29.3 Å². The average Bonchev–Trinajstić information content (AvgIpc) is 3.25. The maximum Gasteiger partial charge on any atom is 0.311 e. The van der Waals surface area contributed by atoms with Gasteiger partial charge in [0.05, 0.1) is 18.7 Å². The normalized spacial score (nSPS) is 16.0. The molecule has 7 nitrogen and oxygen atoms in total. The van der Waals surface area contributed by atoms with Crippen LogP contribution in [0.5, 0.6) is 0 Å². The number of thiophene rings is 1. The second-order valence-electron chi connectivity index (χ2n) is 7.60. The molecule has 3 aromatic rings. The summed E-state index contributed by atoms with van der Waals surface area (Å²) in [5.74, 6) is 0.566. The van der Waals surface area contributed by atoms with Gasteiger partial charge in [-0.15, -0.1) is 21.5 Å². The van der Waals surface area contributed by atoms with E-state index in [0.717, 1.165) is 39.5 Å². The van der Waals surface area contributed by atoms with Crippen LogP contribution >= 0.6 is 11.3 Å². The van der Waals surface area contributed by atoms with Gasteiger partial charge in [0.25, 0.3) is 0 Å². The van der Waals surface area contributed by atoms with E-state index in [4.69, 9.17) is 9.73 Å². The topological polar surface area (TPSA) is 86.4 Å². The first-order valence-corrected chi connectivity index (χ1v) is 11.0. The van der Waals surface area contributed by atoms with Crippen LogP contribution < -0.4 is 0 Å². The SMILES string of the molecule is CC[C@@H](C(=O)OC)[C@@H]1N=C(c2ccc(C=O)cc2)c2c(sc(C)c2C)-n2c(C)nnc21. The first-order chi connectivity index (χ1) is 14.9. The molecule has 0 bridgehead atoms. The number of aromatic nitrogens is 3. The molecule has 3 heterocycles. The molecule has 0 aliphatic carbocycles. The van der Waals surface area contributed by atoms with E-state index in [1.54, 1.807) is 23.5 Å². The second-order valence-corrected chi connectivity index (χ2v) is 8.81. The van der Waals surface area contributed by atoms with E-state index in [9.17, 15) is 9.59 Å². The third-order valence-corrected chi connectivity index (χ3v) is 7.03. The highest BCUT2D eigenvalue weighted by molar-refractivity contribution is 7.15. The van der Waals surface area contributed by atoms with Crippen molar-refractivity contribution in [3.05, 3.63) is 63.0 Å². The molecule has 0 spiro atoms. The number of benzene rings is 1. The number of fused-ring (bicyclic) bond motifs is 3. The van der Waals surface area contributed by atoms with Crippen LogP contribution in [-0.4, -0.2) is 39.8 Å². The molecular weight excluding hydrogens is 412 g/mol. The van der Waals surface area contributed by atoms with Crippen molar-refractivity contribution < 1.29 is 14.3 Å². The van der Waals surface area contributed by atoms with Crippen molar-refractivity contribution >= 4 is 29.3 Å². The minimum absolute atomic E-state index is 0.322. The number of carbonyl (C=O) groups is 2. The van der Waals surface area contributed by atoms with E-state index in [0.29, 0.717) is 17.8 Å². The first-order valence-electron chi connectivity index (χ1n) is 10.1. The minimum Gasteiger partial charge on any atom is -0.469 e. The maximum atomic E-state index is 12.6. The van der Waals surface area contributed by atoms with Gasteiger partial charge in [-0.2, -0.15) is 0 Å². The van der Waals surface area contributed by atoms with Crippen molar-refractivity contribution in [3.8, 4) is 5.00 Å². The van der Waals surface area contributed by atoms with Gasteiger partial charge in [0.15, 0.2) is 5.82 Å². The van der Waals surface area contributed by atoms with Crippen molar-refractivity contribution in [2.75, 3.05) is 7.11 Å². The van der Waals surface area contributed by atoms with Gasteiger partial charge in [0.1, 0.15) is 23.2 Å². The summed E-state index contributed by atoms with van der Waals surface area (Å²) < 4.78 is 7.11. The summed E-state index contributed by atoms with van der Waals surface area (Å²) in [4.78, 5) is 30.1. The highest BCUT2D eigenvalue weighted by Gasteiger charge is 2.38. The summed E-state index contributed by atoms with van der Waals surface area (Å²) in [6, 6.07) is 6.81. The fourth-order valence-electron chi connectivity index (χ4n) is 4.01. The number of aliphatic imine (C=N–C) groups is 1. The predicted molar refractivity (Wildman–Crippen MR) is 119 cm³/mol. The van der Waals surface area contributed by atoms with Crippen LogP contribution in [0.4, 0.5) is 0 Å². The number of carbonyl (C=O) groups excluding carboxylic acids is 2. The molecule has 0 saturated carbocycles. The van der Waals surface area contributed by atoms with E-state index in [1.165, 1.54) is 12.0 Å². The van der Waals surface area contributed by atoms with E-state index in [-0.39, 0.29) is 5.97 Å². The molecule has 4 rings (SSSR count). The number of esters is 1. The summed E-state index contributed by atoms with van der Waals surface area (Å²) in [6.07, 6.45) is 1.37. The van der Waals surface area contributed by atoms with Gasteiger partial charge in [0.2, 0.25) is 0 Å². The van der Waals surface area contributed by atoms with Crippen molar-refractivity contribution in [3.63, 3.8) is 0 Å². The molecule has 2 atom stereocenters. The van der Waals surface area contributed by atoms with Gasteiger partial charge in [-0.3, -0.25) is 19.1 Å². The van der Waals surface area contributed by atoms with Gasteiger partial charge in [-0.1, -0.05) is 31.2 Å². The average molecular weight is 437 g/mol. The van der Waals surface area contributed by atoms with Crippen molar-refractivity contribution in [1.82, 2.24) is 14.8 Å². The number of hydrogen-bond donors (Lipinski definition) is 0. The lowest BCUT2D eigenvalue weighted by Crippen LogP contribution is -2.24. The molecule has 8 heteroatoms. The molecule has 0 fully saturated rings. The number of methoxy groups -OCH3 is 1. The molecule has 0 N–H and O–H groups in total. The Bertz CT molecular complexity index is 1190. The van der Waals surface area contributed by atoms with Gasteiger partial charge in [-0.05, 0) is 32.8 Å². The molecule has 160 valence electrons. The smallest absolute Gasteiger partial charge is 0.311 e. The Labute approximate surface area is 184 Å². The van der Waals surface area contributed by atoms with Gasteiger partial charge >= 0.3 is 5.97 Å². The lowest BCUT2D eigenvalue weighted by Gasteiger charge is -2.20. The largest absolute Gasteiger partial charge is 0.469 e. The van der Waals surface area contributed by atoms with Gasteiger partial charge in [0, 0.05) is 21.6 Å². The van der Waals surface area contributed by atoms with Crippen LogP contribution in [-0.2, 0) is 9.53 Å². The molecule has 0 saturated heterocycles. The summed E-state index contributed by atoms with van der Waals surface area (Å²) >= 11 is 1.66. The van der Waals surface area contributed by atoms with Crippen molar-refractivity contribution in [2.45, 2.75) is 40.2 Å². The fourth-order valence-corrected chi connectivity index (χ4v) is 5.22. The lowest BCUT2D eigenvalue weighted by atomic mass is 9.95. The van der Waals surface area contributed by atoms with Gasteiger partial charge in [-0.25, -0.2) is 0 Å². The van der Waals surface area contributed by atoms with Gasteiger partial charge < -0.3 is 4.74 Å². The number of rotatable bonds is 5. The summed E-state index contributed by atoms with van der Waals surface area (Å²) in [6.45, 7) is 8.02. The predicted octanol–water partition coefficient (Wildman–Crippen LogP) is 4.16. The highest BCUT2D eigenvalue weighted by atomic mass is 32.1. The van der Waals surface area contributed by atoms with E-state index in [2.05, 4.69) is 24.0 Å². The van der Waals surface area contributed by atoms with Crippen molar-refractivity contribution in [1.29, 1.82) is 0 Å². The first kappa shape index (κ1) is 21.1. The number of hydrogen-bond acceptors (Lipinski definition) is 7. The molecule has 2 aromatic heterocycles. The zero-order chi connectivity index (χ0) is 22.3. The summed E-state index contributed by atoms with van der Waals surface area (Å²) in [5.41, 5.74) is 4.40. The number of aryl methyl sites for hydroxylation is 2. The van der Waals surface area contributed by atoms with E-state index in [1.807, 2.05) is 30.5 Å². The Balaban J connectivity index is 2.04. The van der Waals surface area contributed by atoms with E-state index >= 15 is 0 Å². The number of aldehydes is 1. The van der Waals surface area contributed by atoms with Crippen LogP contribution in [0.1, 0.15) is 63.0 Å². The van der Waals surface area contributed by atoms with Crippen LogP contribution in [0, 0.1) is 26.7 Å². The van der Waals surface area contributed by atoms with Crippen LogP contribution in [0.3, 0.4) is 0 Å². The standard InChI is InChI=1S/C23H24N4O3S/c1-6-17(23(29)30-5)20-21-26-25-14(4)27(21)22-18(12(2)13(3)31-22)19(24-20)16-9-7-15(11-28)8-10-16/h7-11,17,20H,6H2,1-5H3/t17-,20+/m1/s1. The zero-order valence-corrected chi connectivity index (χ0v) is 19.0. The monoisotopic (exact) mass is 436 g/mol. The zero-order valence-electron chi connectivity index (χ0n) is 18.2. The molecule has 31 heavy (non-hydrogen) atoms. The fraction of sp³-hybridized carbons (Fsp3) is 0.348.